The minimum absolute atomic E-state index is 0.390. The molecule has 1 heterocycles. The van der Waals surface area contributed by atoms with Crippen LogP contribution < -0.4 is 4.31 Å². The molecule has 0 saturated carbocycles. The van der Waals surface area contributed by atoms with Gasteiger partial charge >= 0.3 is 5.97 Å². The van der Waals surface area contributed by atoms with Gasteiger partial charge in [-0.05, 0) is 61.4 Å². The minimum atomic E-state index is -1.73. The van der Waals surface area contributed by atoms with Gasteiger partial charge in [0.15, 0.2) is 11.0 Å². The first-order chi connectivity index (χ1) is 14.9. The molecule has 0 saturated heterocycles. The summed E-state index contributed by atoms with van der Waals surface area (Å²) in [6.07, 6.45) is 0.742. The average molecular weight is 455 g/mol. The Hall–Kier alpha value is -2.83. The summed E-state index contributed by atoms with van der Waals surface area (Å²) in [6.45, 7) is 4.51. The Balaban J connectivity index is 1.86. The van der Waals surface area contributed by atoms with Gasteiger partial charge in [-0.2, -0.15) is 0 Å². The number of rotatable bonds is 7. The van der Waals surface area contributed by atoms with Crippen molar-refractivity contribution in [3.63, 3.8) is 0 Å². The van der Waals surface area contributed by atoms with Crippen molar-refractivity contribution < 1.29 is 14.1 Å². The summed E-state index contributed by atoms with van der Waals surface area (Å²) in [7, 11) is -1.73. The number of benzene rings is 3. The first kappa shape index (κ1) is 21.4. The number of aryl methyl sites for hydroxylation is 2. The third kappa shape index (κ3) is 4.05. The lowest BCUT2D eigenvalue weighted by atomic mass is 10.1. The summed E-state index contributed by atoms with van der Waals surface area (Å²) in [6, 6.07) is 19.1. The predicted molar refractivity (Wildman–Crippen MR) is 127 cm³/mol. The number of hydrogen-bond acceptors (Lipinski definition) is 2. The number of halogens is 1. The molecule has 0 radical (unpaired) electrons. The Morgan fingerprint density at radius 2 is 1.77 bits per heavy atom. The summed E-state index contributed by atoms with van der Waals surface area (Å²) in [5.74, 6) is -1.05. The van der Waals surface area contributed by atoms with E-state index >= 15 is 0 Å². The van der Waals surface area contributed by atoms with Crippen LogP contribution in [0.2, 0.25) is 5.02 Å². The highest BCUT2D eigenvalue weighted by Crippen LogP contribution is 2.33. The van der Waals surface area contributed by atoms with Crippen molar-refractivity contribution in [3.05, 3.63) is 71.2 Å². The number of nitrogens with zero attached hydrogens (tertiary/aromatic N) is 2. The molecule has 0 spiro atoms. The van der Waals surface area contributed by atoms with Gasteiger partial charge in [0.25, 0.3) is 0 Å². The molecule has 1 N–H and O–H groups in total. The molecular formula is C24H23ClN2O3S. The van der Waals surface area contributed by atoms with Crippen LogP contribution in [0.15, 0.2) is 65.6 Å². The van der Waals surface area contributed by atoms with Crippen LogP contribution in [0.4, 0.5) is 5.69 Å². The maximum atomic E-state index is 13.5. The second-order valence-electron chi connectivity index (χ2n) is 7.29. The first-order valence-electron chi connectivity index (χ1n) is 10.1. The van der Waals surface area contributed by atoms with E-state index in [1.54, 1.807) is 6.07 Å². The van der Waals surface area contributed by atoms with E-state index < -0.39 is 23.5 Å². The van der Waals surface area contributed by atoms with E-state index in [1.807, 2.05) is 49.4 Å². The molecule has 0 aliphatic heterocycles. The van der Waals surface area contributed by atoms with Crippen molar-refractivity contribution >= 4 is 56.0 Å². The molecular weight excluding hydrogens is 432 g/mol. The zero-order valence-corrected chi connectivity index (χ0v) is 18.9. The fourth-order valence-electron chi connectivity index (χ4n) is 3.96. The van der Waals surface area contributed by atoms with Crippen molar-refractivity contribution in [3.8, 4) is 0 Å². The SMILES string of the molecule is CCc1cc(Cl)cc(S(=O)N(CC(=O)O)c2ccc3c(c2)c2ccccc2n3CC)c1. The zero-order chi connectivity index (χ0) is 22.1. The van der Waals surface area contributed by atoms with E-state index in [4.69, 9.17) is 11.6 Å². The molecule has 1 aromatic heterocycles. The average Bonchev–Trinajstić information content (AvgIpc) is 3.09. The first-order valence-corrected chi connectivity index (χ1v) is 11.6. The Morgan fingerprint density at radius 1 is 1.03 bits per heavy atom. The van der Waals surface area contributed by atoms with Gasteiger partial charge in [-0.25, -0.2) is 4.21 Å². The number of aromatic nitrogens is 1. The smallest absolute Gasteiger partial charge is 0.324 e. The fourth-order valence-corrected chi connectivity index (χ4v) is 5.55. The van der Waals surface area contributed by atoms with Gasteiger partial charge in [0.1, 0.15) is 6.54 Å². The third-order valence-electron chi connectivity index (χ3n) is 5.38. The summed E-state index contributed by atoms with van der Waals surface area (Å²) >= 11 is 6.22. The highest BCUT2D eigenvalue weighted by Gasteiger charge is 2.21. The Bertz CT molecular complexity index is 1320. The van der Waals surface area contributed by atoms with E-state index in [9.17, 15) is 14.1 Å². The minimum Gasteiger partial charge on any atom is -0.480 e. The lowest BCUT2D eigenvalue weighted by molar-refractivity contribution is -0.135. The number of carboxylic acid groups (broad SMARTS) is 1. The highest BCUT2D eigenvalue weighted by atomic mass is 35.5. The van der Waals surface area contributed by atoms with E-state index in [1.165, 1.54) is 4.31 Å². The molecule has 0 amide bonds. The predicted octanol–water partition coefficient (Wildman–Crippen LogP) is 5.64. The number of fused-ring (bicyclic) bond motifs is 3. The Kier molecular flexibility index (Phi) is 6.03. The normalized spacial score (nSPS) is 12.4. The van der Waals surface area contributed by atoms with Crippen LogP contribution in [0.1, 0.15) is 19.4 Å². The maximum absolute atomic E-state index is 13.5. The maximum Gasteiger partial charge on any atom is 0.324 e. The highest BCUT2D eigenvalue weighted by molar-refractivity contribution is 7.86. The van der Waals surface area contributed by atoms with Crippen LogP contribution in [0.3, 0.4) is 0 Å². The van der Waals surface area contributed by atoms with Gasteiger partial charge in [0, 0.05) is 33.4 Å². The van der Waals surface area contributed by atoms with Gasteiger partial charge in [0.2, 0.25) is 0 Å². The van der Waals surface area contributed by atoms with Gasteiger partial charge in [0.05, 0.1) is 10.6 Å². The van der Waals surface area contributed by atoms with Crippen LogP contribution in [-0.4, -0.2) is 26.4 Å². The summed E-state index contributed by atoms with van der Waals surface area (Å²) < 4.78 is 17.1. The molecule has 31 heavy (non-hydrogen) atoms. The van der Waals surface area contributed by atoms with E-state index in [2.05, 4.69) is 23.6 Å². The largest absolute Gasteiger partial charge is 0.480 e. The molecule has 1 atom stereocenters. The van der Waals surface area contributed by atoms with Crippen LogP contribution in [-0.2, 0) is 28.7 Å². The molecule has 0 aliphatic carbocycles. The fraction of sp³-hybridized carbons (Fsp3) is 0.208. The van der Waals surface area contributed by atoms with Gasteiger partial charge < -0.3 is 9.67 Å². The number of anilines is 1. The molecule has 160 valence electrons. The third-order valence-corrected chi connectivity index (χ3v) is 6.98. The molecule has 0 aliphatic rings. The molecule has 5 nitrogen and oxygen atoms in total. The van der Waals surface area contributed by atoms with Gasteiger partial charge in [-0.15, -0.1) is 0 Å². The summed E-state index contributed by atoms with van der Waals surface area (Å²) in [4.78, 5) is 12.1. The van der Waals surface area contributed by atoms with Crippen LogP contribution in [0, 0.1) is 0 Å². The van der Waals surface area contributed by atoms with E-state index in [-0.39, 0.29) is 0 Å². The summed E-state index contributed by atoms with van der Waals surface area (Å²) in [5, 5.41) is 12.1. The van der Waals surface area contributed by atoms with Gasteiger partial charge in [-0.3, -0.25) is 9.10 Å². The van der Waals surface area contributed by atoms with Gasteiger partial charge in [-0.1, -0.05) is 36.7 Å². The van der Waals surface area contributed by atoms with Crippen LogP contribution in [0.25, 0.3) is 21.8 Å². The number of hydrogen-bond donors (Lipinski definition) is 1. The van der Waals surface area contributed by atoms with E-state index in [0.29, 0.717) is 15.6 Å². The lowest BCUT2D eigenvalue weighted by Gasteiger charge is -2.22. The number of aliphatic carboxylic acids is 1. The lowest BCUT2D eigenvalue weighted by Crippen LogP contribution is -2.31. The molecule has 0 bridgehead atoms. The van der Waals surface area contributed by atoms with Crippen LogP contribution >= 0.6 is 11.6 Å². The van der Waals surface area contributed by atoms with Crippen LogP contribution in [0.5, 0.6) is 0 Å². The number of carboxylic acids is 1. The molecule has 3 aromatic carbocycles. The van der Waals surface area contributed by atoms with E-state index in [0.717, 1.165) is 40.3 Å². The zero-order valence-electron chi connectivity index (χ0n) is 17.3. The molecule has 4 rings (SSSR count). The van der Waals surface area contributed by atoms with Crippen molar-refractivity contribution in [2.75, 3.05) is 10.8 Å². The molecule has 1 unspecified atom stereocenters. The standard InChI is InChI=1S/C24H23ClN2O3S/c1-3-16-11-17(25)13-19(12-16)31(30)27(15-24(28)29)18-9-10-23-21(14-18)20-7-5-6-8-22(20)26(23)4-2/h5-14H,3-4,15H2,1-2H3,(H,28,29). The quantitative estimate of drug-likeness (QED) is 0.393. The second kappa shape index (κ2) is 8.73. The second-order valence-corrected chi connectivity index (χ2v) is 9.14. The molecule has 7 heteroatoms. The number of carbonyl (C=O) groups is 1. The molecule has 0 fully saturated rings. The molecule has 4 aromatic rings. The number of para-hydroxylation sites is 1. The topological polar surface area (TPSA) is 62.5 Å². The van der Waals surface area contributed by atoms with Crippen molar-refractivity contribution in [2.24, 2.45) is 0 Å². The van der Waals surface area contributed by atoms with Crippen molar-refractivity contribution in [2.45, 2.75) is 31.7 Å². The Labute approximate surface area is 188 Å². The summed E-state index contributed by atoms with van der Waals surface area (Å²) in [5.41, 5.74) is 3.72. The van der Waals surface area contributed by atoms with Crippen molar-refractivity contribution in [1.29, 1.82) is 0 Å². The van der Waals surface area contributed by atoms with Crippen molar-refractivity contribution in [1.82, 2.24) is 4.57 Å². The Morgan fingerprint density at radius 3 is 2.48 bits per heavy atom. The monoisotopic (exact) mass is 454 g/mol.